The Morgan fingerprint density at radius 2 is 1.87 bits per heavy atom. The second-order valence-electron chi connectivity index (χ2n) is 5.72. The summed E-state index contributed by atoms with van der Waals surface area (Å²) in [6, 6.07) is 0. The maximum atomic E-state index is 6.47. The number of allylic oxidation sites excluding steroid dienone is 6. The van der Waals surface area contributed by atoms with Crippen molar-refractivity contribution in [1.29, 1.82) is 0 Å². The van der Waals surface area contributed by atoms with Gasteiger partial charge in [0.25, 0.3) is 0 Å². The first-order chi connectivity index (χ1) is 11.0. The average molecular weight is 323 g/mol. The van der Waals surface area contributed by atoms with Crippen LogP contribution in [0.4, 0.5) is 0 Å². The van der Waals surface area contributed by atoms with Crippen LogP contribution in [0.3, 0.4) is 0 Å². The Bertz CT molecular complexity index is 845. The Kier molecular flexibility index (Phi) is 5.63. The Balaban J connectivity index is 2.64. The normalized spacial score (nSPS) is 15.5. The van der Waals surface area contributed by atoms with Crippen molar-refractivity contribution < 1.29 is 0 Å². The molecule has 0 bridgehead atoms. The SMILES string of the molecule is C=Cc1c(C=C)c(C)/c(=C/C=C(\C)C2=CCCC=C2)c(=C)c1Cl. The second kappa shape index (κ2) is 7.48. The van der Waals surface area contributed by atoms with Gasteiger partial charge in [-0.2, -0.15) is 0 Å². The average Bonchev–Trinajstić information content (AvgIpc) is 2.58. The summed E-state index contributed by atoms with van der Waals surface area (Å²) < 4.78 is 0. The maximum Gasteiger partial charge on any atom is 0.0556 e. The Morgan fingerprint density at radius 3 is 2.43 bits per heavy atom. The van der Waals surface area contributed by atoms with E-state index in [0.29, 0.717) is 5.02 Å². The van der Waals surface area contributed by atoms with Crippen LogP contribution in [-0.2, 0) is 0 Å². The molecule has 2 rings (SSSR count). The highest BCUT2D eigenvalue weighted by atomic mass is 35.5. The van der Waals surface area contributed by atoms with E-state index in [9.17, 15) is 0 Å². The minimum atomic E-state index is 0.648. The van der Waals surface area contributed by atoms with Gasteiger partial charge < -0.3 is 0 Å². The van der Waals surface area contributed by atoms with E-state index in [-0.39, 0.29) is 0 Å². The molecule has 0 fully saturated rings. The molecule has 1 aliphatic carbocycles. The van der Waals surface area contributed by atoms with Gasteiger partial charge in [-0.1, -0.05) is 73.9 Å². The lowest BCUT2D eigenvalue weighted by Crippen LogP contribution is -2.29. The van der Waals surface area contributed by atoms with Gasteiger partial charge in [0.05, 0.1) is 5.02 Å². The first-order valence-electron chi connectivity index (χ1n) is 7.82. The van der Waals surface area contributed by atoms with Crippen LogP contribution in [0.2, 0.25) is 5.02 Å². The monoisotopic (exact) mass is 322 g/mol. The zero-order valence-electron chi connectivity index (χ0n) is 14.0. The van der Waals surface area contributed by atoms with Gasteiger partial charge in [0.15, 0.2) is 0 Å². The minimum Gasteiger partial charge on any atom is -0.0984 e. The van der Waals surface area contributed by atoms with Crippen LogP contribution in [-0.4, -0.2) is 0 Å². The first kappa shape index (κ1) is 17.3. The molecule has 0 unspecified atom stereocenters. The molecule has 0 N–H and O–H groups in total. The molecule has 118 valence electrons. The van der Waals surface area contributed by atoms with E-state index < -0.39 is 0 Å². The van der Waals surface area contributed by atoms with Crippen LogP contribution in [0, 0.1) is 6.92 Å². The van der Waals surface area contributed by atoms with Crippen molar-refractivity contribution in [1.82, 2.24) is 0 Å². The fraction of sp³-hybridized carbons (Fsp3) is 0.182. The highest BCUT2D eigenvalue weighted by molar-refractivity contribution is 6.32. The third kappa shape index (κ3) is 3.48. The predicted octanol–water partition coefficient (Wildman–Crippen LogP) is 5.35. The lowest BCUT2D eigenvalue weighted by molar-refractivity contribution is 1.02. The van der Waals surface area contributed by atoms with Crippen molar-refractivity contribution >= 4 is 36.4 Å². The molecular formula is C22H23Cl. The molecule has 0 aliphatic heterocycles. The van der Waals surface area contributed by atoms with Gasteiger partial charge in [-0.3, -0.25) is 0 Å². The summed E-state index contributed by atoms with van der Waals surface area (Å²) in [7, 11) is 0. The molecule has 0 saturated carbocycles. The highest BCUT2D eigenvalue weighted by Gasteiger charge is 2.08. The number of hydrogen-bond acceptors (Lipinski definition) is 0. The zero-order valence-corrected chi connectivity index (χ0v) is 14.7. The van der Waals surface area contributed by atoms with Crippen LogP contribution in [0.15, 0.2) is 48.6 Å². The maximum absolute atomic E-state index is 6.47. The van der Waals surface area contributed by atoms with Crippen molar-refractivity contribution in [2.45, 2.75) is 26.7 Å². The van der Waals surface area contributed by atoms with E-state index in [1.807, 2.05) is 6.08 Å². The van der Waals surface area contributed by atoms with Gasteiger partial charge >= 0.3 is 0 Å². The number of halogens is 1. The van der Waals surface area contributed by atoms with E-state index in [0.717, 1.165) is 40.0 Å². The molecule has 1 aromatic carbocycles. The zero-order chi connectivity index (χ0) is 17.0. The smallest absolute Gasteiger partial charge is 0.0556 e. The van der Waals surface area contributed by atoms with Gasteiger partial charge in [-0.25, -0.2) is 0 Å². The summed E-state index contributed by atoms with van der Waals surface area (Å²) in [6.45, 7) is 16.1. The van der Waals surface area contributed by atoms with Crippen LogP contribution >= 0.6 is 11.6 Å². The van der Waals surface area contributed by atoms with Gasteiger partial charge in [0.2, 0.25) is 0 Å². The number of benzene rings is 1. The molecule has 0 aromatic heterocycles. The van der Waals surface area contributed by atoms with Gasteiger partial charge in [-0.15, -0.1) is 0 Å². The predicted molar refractivity (Wildman–Crippen MR) is 106 cm³/mol. The molecule has 0 nitrogen and oxygen atoms in total. The Morgan fingerprint density at radius 1 is 1.17 bits per heavy atom. The quantitative estimate of drug-likeness (QED) is 0.701. The van der Waals surface area contributed by atoms with Crippen LogP contribution in [0.1, 0.15) is 36.5 Å². The van der Waals surface area contributed by atoms with Crippen LogP contribution in [0.25, 0.3) is 24.8 Å². The van der Waals surface area contributed by atoms with Crippen molar-refractivity contribution in [3.05, 3.63) is 80.8 Å². The third-order valence-corrected chi connectivity index (χ3v) is 4.72. The molecule has 1 heteroatoms. The standard InChI is InChI=1S/C22H23Cl/c1-6-19-16(4)21(17(5)22(23)20(19)7-2)14-13-15(3)18-11-9-8-10-12-18/h6-7,9,11-14H,1-2,5,8,10H2,3-4H3/b15-13+,21-14-. The molecule has 0 amide bonds. The molecule has 0 heterocycles. The molecule has 0 spiro atoms. The summed E-state index contributed by atoms with van der Waals surface area (Å²) in [5, 5.41) is 2.53. The van der Waals surface area contributed by atoms with E-state index >= 15 is 0 Å². The molecule has 1 aliphatic rings. The van der Waals surface area contributed by atoms with E-state index in [1.165, 1.54) is 11.1 Å². The summed E-state index contributed by atoms with van der Waals surface area (Å²) in [5.74, 6) is 0. The van der Waals surface area contributed by atoms with E-state index in [1.54, 1.807) is 6.08 Å². The van der Waals surface area contributed by atoms with Crippen molar-refractivity contribution in [2.75, 3.05) is 0 Å². The van der Waals surface area contributed by atoms with E-state index in [2.05, 4.69) is 64.0 Å². The van der Waals surface area contributed by atoms with Crippen molar-refractivity contribution in [2.24, 2.45) is 0 Å². The summed E-state index contributed by atoms with van der Waals surface area (Å²) in [4.78, 5) is 0. The molecule has 0 saturated heterocycles. The fourth-order valence-corrected chi connectivity index (χ4v) is 3.15. The van der Waals surface area contributed by atoms with E-state index in [4.69, 9.17) is 11.6 Å². The van der Waals surface area contributed by atoms with Gasteiger partial charge in [-0.05, 0) is 59.4 Å². The highest BCUT2D eigenvalue weighted by Crippen LogP contribution is 2.20. The van der Waals surface area contributed by atoms with Gasteiger partial charge in [0, 0.05) is 5.56 Å². The lowest BCUT2D eigenvalue weighted by Gasteiger charge is -2.10. The van der Waals surface area contributed by atoms with Gasteiger partial charge in [0.1, 0.15) is 0 Å². The summed E-state index contributed by atoms with van der Waals surface area (Å²) >= 11 is 6.47. The second-order valence-corrected chi connectivity index (χ2v) is 6.10. The van der Waals surface area contributed by atoms with Crippen LogP contribution < -0.4 is 10.4 Å². The van der Waals surface area contributed by atoms with Crippen molar-refractivity contribution in [3.8, 4) is 0 Å². The first-order valence-corrected chi connectivity index (χ1v) is 8.20. The van der Waals surface area contributed by atoms with Crippen LogP contribution in [0.5, 0.6) is 0 Å². The third-order valence-electron chi connectivity index (χ3n) is 4.28. The number of rotatable bonds is 4. The number of hydrogen-bond donors (Lipinski definition) is 0. The Hall–Kier alpha value is -2.05. The fourth-order valence-electron chi connectivity index (χ4n) is 2.87. The molecule has 23 heavy (non-hydrogen) atoms. The minimum absolute atomic E-state index is 0.648. The molecule has 1 aromatic rings. The largest absolute Gasteiger partial charge is 0.0984 e. The molecular weight excluding hydrogens is 300 g/mol. The Labute approximate surface area is 144 Å². The molecule has 0 atom stereocenters. The van der Waals surface area contributed by atoms with Crippen molar-refractivity contribution in [3.63, 3.8) is 0 Å². The summed E-state index contributed by atoms with van der Waals surface area (Å²) in [6.07, 6.45) is 16.8. The molecule has 0 radical (unpaired) electrons. The topological polar surface area (TPSA) is 0 Å². The summed E-state index contributed by atoms with van der Waals surface area (Å²) in [5.41, 5.74) is 5.57. The lowest BCUT2D eigenvalue weighted by atomic mass is 9.96.